The van der Waals surface area contributed by atoms with Crippen molar-refractivity contribution in [1.29, 1.82) is 0 Å². The van der Waals surface area contributed by atoms with Crippen molar-refractivity contribution in [1.82, 2.24) is 10.3 Å². The molecule has 0 bridgehead atoms. The Labute approximate surface area is 90.1 Å². The third kappa shape index (κ3) is 4.44. The van der Waals surface area contributed by atoms with E-state index in [1.165, 1.54) is 0 Å². The van der Waals surface area contributed by atoms with Gasteiger partial charge in [0.25, 0.3) is 0 Å². The Morgan fingerprint density at radius 2 is 2.27 bits per heavy atom. The second-order valence-electron chi connectivity index (χ2n) is 3.35. The minimum Gasteiger partial charge on any atom is -0.370 e. The summed E-state index contributed by atoms with van der Waals surface area (Å²) in [6.07, 6.45) is 2.28. The molecule has 0 saturated heterocycles. The van der Waals surface area contributed by atoms with E-state index in [0.29, 0.717) is 19.5 Å². The molecule has 2 N–H and O–H groups in total. The summed E-state index contributed by atoms with van der Waals surface area (Å²) < 4.78 is 0. The number of aryl methyl sites for hydroxylation is 1. The van der Waals surface area contributed by atoms with Crippen LogP contribution in [0.4, 0.5) is 5.82 Å². The summed E-state index contributed by atoms with van der Waals surface area (Å²) in [5, 5.41) is 5.83. The Hall–Kier alpha value is -1.58. The maximum Gasteiger partial charge on any atom is 0.221 e. The van der Waals surface area contributed by atoms with Crippen molar-refractivity contribution < 1.29 is 4.79 Å². The molecular formula is C11H17N3O. The largest absolute Gasteiger partial charge is 0.370 e. The summed E-state index contributed by atoms with van der Waals surface area (Å²) in [6.45, 7) is 5.20. The first-order valence-corrected chi connectivity index (χ1v) is 5.15. The van der Waals surface area contributed by atoms with Gasteiger partial charge in [-0.2, -0.15) is 0 Å². The fraction of sp³-hybridized carbons (Fsp3) is 0.455. The fourth-order valence-electron chi connectivity index (χ4n) is 1.16. The highest BCUT2D eigenvalue weighted by molar-refractivity contribution is 5.76. The highest BCUT2D eigenvalue weighted by Crippen LogP contribution is 2.03. The molecule has 0 unspecified atom stereocenters. The Kier molecular flexibility index (Phi) is 4.60. The molecule has 0 fully saturated rings. The van der Waals surface area contributed by atoms with Crippen molar-refractivity contribution in [2.24, 2.45) is 0 Å². The summed E-state index contributed by atoms with van der Waals surface area (Å²) >= 11 is 0. The van der Waals surface area contributed by atoms with Gasteiger partial charge >= 0.3 is 0 Å². The van der Waals surface area contributed by atoms with Gasteiger partial charge in [-0.05, 0) is 25.5 Å². The highest BCUT2D eigenvalue weighted by Gasteiger charge is 1.98. The van der Waals surface area contributed by atoms with Crippen LogP contribution in [0.25, 0.3) is 0 Å². The van der Waals surface area contributed by atoms with Gasteiger partial charge in [-0.3, -0.25) is 4.79 Å². The van der Waals surface area contributed by atoms with E-state index in [2.05, 4.69) is 15.6 Å². The molecule has 0 atom stereocenters. The lowest BCUT2D eigenvalue weighted by Crippen LogP contribution is -2.24. The number of anilines is 1. The lowest BCUT2D eigenvalue weighted by Gasteiger charge is -2.05. The Balaban J connectivity index is 2.26. The first kappa shape index (κ1) is 11.5. The molecule has 1 amide bonds. The molecule has 0 aromatic carbocycles. The van der Waals surface area contributed by atoms with Crippen LogP contribution in [-0.2, 0) is 4.79 Å². The van der Waals surface area contributed by atoms with E-state index in [4.69, 9.17) is 0 Å². The molecule has 0 saturated carbocycles. The molecule has 4 heteroatoms. The molecule has 0 radical (unpaired) electrons. The molecular weight excluding hydrogens is 190 g/mol. The highest BCUT2D eigenvalue weighted by atomic mass is 16.1. The fourth-order valence-corrected chi connectivity index (χ4v) is 1.16. The zero-order valence-electron chi connectivity index (χ0n) is 9.21. The Bertz CT molecular complexity index is 308. The monoisotopic (exact) mass is 207 g/mol. The van der Waals surface area contributed by atoms with Crippen LogP contribution in [0.1, 0.15) is 18.9 Å². The number of rotatable bonds is 5. The predicted octanol–water partition coefficient (Wildman–Crippen LogP) is 1.33. The summed E-state index contributed by atoms with van der Waals surface area (Å²) in [7, 11) is 0. The maximum atomic E-state index is 11.1. The van der Waals surface area contributed by atoms with Crippen LogP contribution in [0.2, 0.25) is 0 Å². The normalized spacial score (nSPS) is 9.73. The quantitative estimate of drug-likeness (QED) is 0.765. The van der Waals surface area contributed by atoms with Crippen molar-refractivity contribution >= 4 is 11.7 Å². The molecule has 1 rings (SSSR count). The minimum absolute atomic E-state index is 0.0668. The van der Waals surface area contributed by atoms with Crippen LogP contribution in [0, 0.1) is 6.92 Å². The lowest BCUT2D eigenvalue weighted by atomic mass is 10.3. The van der Waals surface area contributed by atoms with Crippen LogP contribution in [0.3, 0.4) is 0 Å². The van der Waals surface area contributed by atoms with Crippen molar-refractivity contribution in [2.45, 2.75) is 20.3 Å². The molecule has 0 spiro atoms. The number of hydrogen-bond acceptors (Lipinski definition) is 3. The summed E-state index contributed by atoms with van der Waals surface area (Å²) in [6, 6.07) is 3.90. The maximum absolute atomic E-state index is 11.1. The first-order valence-electron chi connectivity index (χ1n) is 5.15. The summed E-state index contributed by atoms with van der Waals surface area (Å²) in [5.41, 5.74) is 1.13. The van der Waals surface area contributed by atoms with Gasteiger partial charge in [-0.1, -0.05) is 6.07 Å². The molecule has 1 aromatic heterocycles. The van der Waals surface area contributed by atoms with Crippen molar-refractivity contribution in [2.75, 3.05) is 18.4 Å². The number of hydrogen-bond donors (Lipinski definition) is 2. The van der Waals surface area contributed by atoms with Crippen LogP contribution in [0.15, 0.2) is 18.3 Å². The van der Waals surface area contributed by atoms with E-state index < -0.39 is 0 Å². The van der Waals surface area contributed by atoms with E-state index in [0.717, 1.165) is 11.4 Å². The second-order valence-corrected chi connectivity index (χ2v) is 3.35. The molecule has 4 nitrogen and oxygen atoms in total. The van der Waals surface area contributed by atoms with Crippen LogP contribution in [-0.4, -0.2) is 24.0 Å². The van der Waals surface area contributed by atoms with Gasteiger partial charge in [0.15, 0.2) is 0 Å². The van der Waals surface area contributed by atoms with Crippen LogP contribution < -0.4 is 10.6 Å². The average molecular weight is 207 g/mol. The van der Waals surface area contributed by atoms with Gasteiger partial charge in [-0.15, -0.1) is 0 Å². The number of nitrogens with one attached hydrogen (secondary N) is 2. The van der Waals surface area contributed by atoms with Crippen LogP contribution in [0.5, 0.6) is 0 Å². The number of carbonyl (C=O) groups excluding carboxylic acids is 1. The number of carbonyl (C=O) groups is 1. The van der Waals surface area contributed by atoms with Crippen molar-refractivity contribution in [3.63, 3.8) is 0 Å². The first-order chi connectivity index (χ1) is 7.22. The molecule has 1 heterocycles. The molecule has 0 aliphatic rings. The Morgan fingerprint density at radius 1 is 1.47 bits per heavy atom. The van der Waals surface area contributed by atoms with E-state index in [9.17, 15) is 4.79 Å². The topological polar surface area (TPSA) is 54.0 Å². The number of aromatic nitrogens is 1. The minimum atomic E-state index is 0.0668. The Morgan fingerprint density at radius 3 is 2.87 bits per heavy atom. The number of pyridine rings is 1. The standard InChI is InChI=1S/C11H17N3O/c1-3-12-11(15)6-7-13-10-5-4-9(2)8-14-10/h4-5,8H,3,6-7H2,1-2H3,(H,12,15)(H,13,14). The molecule has 15 heavy (non-hydrogen) atoms. The van der Waals surface area contributed by atoms with Crippen LogP contribution >= 0.6 is 0 Å². The number of amides is 1. The van der Waals surface area contributed by atoms with E-state index >= 15 is 0 Å². The van der Waals surface area contributed by atoms with Gasteiger partial charge in [-0.25, -0.2) is 4.98 Å². The van der Waals surface area contributed by atoms with Gasteiger partial charge in [0.05, 0.1) is 0 Å². The van der Waals surface area contributed by atoms with E-state index in [1.54, 1.807) is 6.20 Å². The molecule has 1 aromatic rings. The zero-order chi connectivity index (χ0) is 11.1. The van der Waals surface area contributed by atoms with Gasteiger partial charge < -0.3 is 10.6 Å². The van der Waals surface area contributed by atoms with Gasteiger partial charge in [0.2, 0.25) is 5.91 Å². The van der Waals surface area contributed by atoms with Gasteiger partial charge in [0.1, 0.15) is 5.82 Å². The van der Waals surface area contributed by atoms with Crippen molar-refractivity contribution in [3.05, 3.63) is 23.9 Å². The second kappa shape index (κ2) is 6.01. The average Bonchev–Trinajstić information content (AvgIpc) is 2.21. The lowest BCUT2D eigenvalue weighted by molar-refractivity contribution is -0.120. The smallest absolute Gasteiger partial charge is 0.221 e. The third-order valence-corrected chi connectivity index (χ3v) is 1.94. The molecule has 0 aliphatic heterocycles. The summed E-state index contributed by atoms with van der Waals surface area (Å²) in [4.78, 5) is 15.3. The van der Waals surface area contributed by atoms with E-state index in [1.807, 2.05) is 26.0 Å². The molecule has 0 aliphatic carbocycles. The third-order valence-electron chi connectivity index (χ3n) is 1.94. The SMILES string of the molecule is CCNC(=O)CCNc1ccc(C)cn1. The zero-order valence-corrected chi connectivity index (χ0v) is 9.21. The van der Waals surface area contributed by atoms with Crippen molar-refractivity contribution in [3.8, 4) is 0 Å². The molecule has 82 valence electrons. The summed E-state index contributed by atoms with van der Waals surface area (Å²) in [5.74, 6) is 0.877. The number of nitrogens with zero attached hydrogens (tertiary/aromatic N) is 1. The van der Waals surface area contributed by atoms with Gasteiger partial charge in [0, 0.05) is 25.7 Å². The van der Waals surface area contributed by atoms with E-state index in [-0.39, 0.29) is 5.91 Å². The predicted molar refractivity (Wildman–Crippen MR) is 60.8 cm³/mol.